The number of benzene rings is 1. The normalized spacial score (nSPS) is 12.4. The molecule has 2 rings (SSSR count). The van der Waals surface area contributed by atoms with Crippen molar-refractivity contribution in [1.29, 1.82) is 0 Å². The van der Waals surface area contributed by atoms with Gasteiger partial charge < -0.3 is 9.32 Å². The lowest BCUT2D eigenvalue weighted by molar-refractivity contribution is 0.418. The molecule has 3 nitrogen and oxygen atoms in total. The highest BCUT2D eigenvalue weighted by Gasteiger charge is 2.28. The Morgan fingerprint density at radius 2 is 1.82 bits per heavy atom. The molecule has 1 aromatic heterocycles. The maximum absolute atomic E-state index is 5.83. The van der Waals surface area contributed by atoms with Crippen LogP contribution in [-0.2, 0) is 0 Å². The molecule has 0 saturated carbocycles. The summed E-state index contributed by atoms with van der Waals surface area (Å²) in [6.07, 6.45) is 0. The Balaban J connectivity index is 2.49. The van der Waals surface area contributed by atoms with Gasteiger partial charge in [0, 0.05) is 11.6 Å². The zero-order valence-corrected chi connectivity index (χ0v) is 11.2. The van der Waals surface area contributed by atoms with E-state index in [1.54, 1.807) is 0 Å². The van der Waals surface area contributed by atoms with Crippen molar-refractivity contribution in [3.05, 3.63) is 24.3 Å². The van der Waals surface area contributed by atoms with Gasteiger partial charge in [0.1, 0.15) is 5.52 Å². The predicted octanol–water partition coefficient (Wildman–Crippen LogP) is 3.84. The first-order valence-electron chi connectivity index (χ1n) is 6.04. The van der Waals surface area contributed by atoms with E-state index >= 15 is 0 Å². The summed E-state index contributed by atoms with van der Waals surface area (Å²) < 4.78 is 5.83. The molecule has 0 radical (unpaired) electrons. The molecule has 0 unspecified atom stereocenters. The molecule has 1 aromatic carbocycles. The summed E-state index contributed by atoms with van der Waals surface area (Å²) in [7, 11) is 0. The third-order valence-electron chi connectivity index (χ3n) is 2.73. The monoisotopic (exact) mass is 232 g/mol. The van der Waals surface area contributed by atoms with Crippen molar-refractivity contribution < 1.29 is 4.42 Å². The molecule has 0 aliphatic rings. The van der Waals surface area contributed by atoms with E-state index in [0.717, 1.165) is 11.1 Å². The second-order valence-electron chi connectivity index (χ2n) is 5.60. The molecule has 0 saturated heterocycles. The van der Waals surface area contributed by atoms with Gasteiger partial charge in [0.25, 0.3) is 6.01 Å². The number of para-hydroxylation sites is 2. The second kappa shape index (κ2) is 4.06. The molecule has 0 N–H and O–H groups in total. The second-order valence-corrected chi connectivity index (χ2v) is 5.60. The van der Waals surface area contributed by atoms with Crippen molar-refractivity contribution in [2.45, 2.75) is 46.2 Å². The molecule has 1 heterocycles. The van der Waals surface area contributed by atoms with Gasteiger partial charge in [0.05, 0.1) is 0 Å². The van der Waals surface area contributed by atoms with E-state index in [0.29, 0.717) is 12.1 Å². The highest BCUT2D eigenvalue weighted by atomic mass is 16.4. The molecule has 0 aliphatic heterocycles. The number of hydrogen-bond acceptors (Lipinski definition) is 3. The molecule has 0 bridgehead atoms. The zero-order chi connectivity index (χ0) is 12.6. The lowest BCUT2D eigenvalue weighted by atomic mass is 10.0. The average molecular weight is 232 g/mol. The van der Waals surface area contributed by atoms with Crippen LogP contribution in [0.1, 0.15) is 34.6 Å². The highest BCUT2D eigenvalue weighted by molar-refractivity contribution is 5.74. The fraction of sp³-hybridized carbons (Fsp3) is 0.500. The van der Waals surface area contributed by atoms with Gasteiger partial charge in [-0.25, -0.2) is 0 Å². The van der Waals surface area contributed by atoms with Gasteiger partial charge in [-0.15, -0.1) is 0 Å². The molecular weight excluding hydrogens is 212 g/mol. The van der Waals surface area contributed by atoms with Gasteiger partial charge in [-0.05, 0) is 46.8 Å². The molecular formula is C14H20N2O. The van der Waals surface area contributed by atoms with Crippen LogP contribution in [0.4, 0.5) is 6.01 Å². The van der Waals surface area contributed by atoms with E-state index in [-0.39, 0.29) is 5.54 Å². The largest absolute Gasteiger partial charge is 0.423 e. The molecule has 3 heteroatoms. The number of fused-ring (bicyclic) bond motifs is 1. The van der Waals surface area contributed by atoms with Crippen LogP contribution >= 0.6 is 0 Å². The standard InChI is InChI=1S/C14H20N2O/c1-10(2)16(14(3,4)5)13-15-11-8-6-7-9-12(11)17-13/h6-10H,1-5H3. The van der Waals surface area contributed by atoms with E-state index in [2.05, 4.69) is 44.5 Å². The highest BCUT2D eigenvalue weighted by Crippen LogP contribution is 2.28. The lowest BCUT2D eigenvalue weighted by Gasteiger charge is -2.37. The number of oxazole rings is 1. The number of anilines is 1. The SMILES string of the molecule is CC(C)N(c1nc2ccccc2o1)C(C)(C)C. The third kappa shape index (κ3) is 2.28. The molecule has 0 atom stereocenters. The molecule has 0 amide bonds. The number of nitrogens with zero attached hydrogens (tertiary/aromatic N) is 2. The van der Waals surface area contributed by atoms with Crippen LogP contribution in [0.3, 0.4) is 0 Å². The Morgan fingerprint density at radius 3 is 2.35 bits per heavy atom. The Hall–Kier alpha value is -1.51. The minimum absolute atomic E-state index is 0.00492. The van der Waals surface area contributed by atoms with Crippen LogP contribution in [0.25, 0.3) is 11.1 Å². The summed E-state index contributed by atoms with van der Waals surface area (Å²) in [4.78, 5) is 6.76. The first-order chi connectivity index (χ1) is 7.89. The van der Waals surface area contributed by atoms with Crippen LogP contribution in [0, 0.1) is 0 Å². The summed E-state index contributed by atoms with van der Waals surface area (Å²) in [5, 5.41) is 0. The number of aromatic nitrogens is 1. The van der Waals surface area contributed by atoms with Gasteiger partial charge >= 0.3 is 0 Å². The van der Waals surface area contributed by atoms with Crippen molar-refractivity contribution in [2.75, 3.05) is 4.90 Å². The Kier molecular flexibility index (Phi) is 2.86. The first kappa shape index (κ1) is 12.0. The minimum atomic E-state index is -0.00492. The van der Waals surface area contributed by atoms with Gasteiger partial charge in [0.2, 0.25) is 0 Å². The van der Waals surface area contributed by atoms with Crippen LogP contribution < -0.4 is 4.90 Å². The van der Waals surface area contributed by atoms with Crippen molar-refractivity contribution in [1.82, 2.24) is 4.98 Å². The van der Waals surface area contributed by atoms with E-state index in [9.17, 15) is 0 Å². The summed E-state index contributed by atoms with van der Waals surface area (Å²) in [5.74, 6) is 0. The molecule has 2 aromatic rings. The molecule has 0 spiro atoms. The number of rotatable bonds is 2. The van der Waals surface area contributed by atoms with E-state index in [1.807, 2.05) is 24.3 Å². The average Bonchev–Trinajstić information content (AvgIpc) is 2.56. The van der Waals surface area contributed by atoms with Gasteiger partial charge in [0.15, 0.2) is 5.58 Å². The van der Waals surface area contributed by atoms with Gasteiger partial charge in [-0.3, -0.25) is 0 Å². The van der Waals surface area contributed by atoms with Crippen LogP contribution in [0.2, 0.25) is 0 Å². The zero-order valence-electron chi connectivity index (χ0n) is 11.2. The molecule has 0 aliphatic carbocycles. The fourth-order valence-electron chi connectivity index (χ4n) is 2.25. The van der Waals surface area contributed by atoms with Gasteiger partial charge in [-0.1, -0.05) is 12.1 Å². The smallest absolute Gasteiger partial charge is 0.299 e. The first-order valence-corrected chi connectivity index (χ1v) is 6.04. The Bertz CT molecular complexity index is 475. The molecule has 17 heavy (non-hydrogen) atoms. The van der Waals surface area contributed by atoms with E-state index in [4.69, 9.17) is 4.42 Å². The minimum Gasteiger partial charge on any atom is -0.423 e. The third-order valence-corrected chi connectivity index (χ3v) is 2.73. The maximum atomic E-state index is 5.83. The number of hydrogen-bond donors (Lipinski definition) is 0. The fourth-order valence-corrected chi connectivity index (χ4v) is 2.25. The summed E-state index contributed by atoms with van der Waals surface area (Å²) in [6, 6.07) is 8.92. The maximum Gasteiger partial charge on any atom is 0.299 e. The molecule has 0 fully saturated rings. The van der Waals surface area contributed by atoms with Crippen LogP contribution in [0.5, 0.6) is 0 Å². The Labute approximate surface area is 102 Å². The van der Waals surface area contributed by atoms with Crippen LogP contribution in [-0.4, -0.2) is 16.6 Å². The summed E-state index contributed by atoms with van der Waals surface area (Å²) in [6.45, 7) is 10.8. The van der Waals surface area contributed by atoms with Crippen molar-refractivity contribution >= 4 is 17.1 Å². The van der Waals surface area contributed by atoms with E-state index in [1.165, 1.54) is 0 Å². The molecule has 92 valence electrons. The van der Waals surface area contributed by atoms with Crippen molar-refractivity contribution in [3.63, 3.8) is 0 Å². The van der Waals surface area contributed by atoms with E-state index < -0.39 is 0 Å². The quantitative estimate of drug-likeness (QED) is 0.787. The van der Waals surface area contributed by atoms with Crippen molar-refractivity contribution in [3.8, 4) is 0 Å². The summed E-state index contributed by atoms with van der Waals surface area (Å²) in [5.41, 5.74) is 1.75. The summed E-state index contributed by atoms with van der Waals surface area (Å²) >= 11 is 0. The van der Waals surface area contributed by atoms with Crippen LogP contribution in [0.15, 0.2) is 28.7 Å². The van der Waals surface area contributed by atoms with Crippen molar-refractivity contribution in [2.24, 2.45) is 0 Å². The topological polar surface area (TPSA) is 29.3 Å². The Morgan fingerprint density at radius 1 is 1.18 bits per heavy atom. The lowest BCUT2D eigenvalue weighted by Crippen LogP contribution is -2.46. The predicted molar refractivity (Wildman–Crippen MR) is 71.4 cm³/mol. The van der Waals surface area contributed by atoms with Gasteiger partial charge in [-0.2, -0.15) is 4.98 Å².